The van der Waals surface area contributed by atoms with Crippen LogP contribution in [0.1, 0.15) is 51.1 Å². The first kappa shape index (κ1) is 16.8. The van der Waals surface area contributed by atoms with E-state index in [2.05, 4.69) is 65.2 Å². The van der Waals surface area contributed by atoms with Crippen LogP contribution in [0.3, 0.4) is 0 Å². The van der Waals surface area contributed by atoms with E-state index in [-0.39, 0.29) is 0 Å². The predicted octanol–water partition coefficient (Wildman–Crippen LogP) is 3.86. The molecule has 1 fully saturated rings. The van der Waals surface area contributed by atoms with Crippen molar-refractivity contribution in [2.24, 2.45) is 0 Å². The van der Waals surface area contributed by atoms with E-state index in [4.69, 9.17) is 0 Å². The summed E-state index contributed by atoms with van der Waals surface area (Å²) in [5.41, 5.74) is 1.91. The van der Waals surface area contributed by atoms with Crippen LogP contribution >= 0.6 is 15.9 Å². The Labute approximate surface area is 136 Å². The standard InChI is InChI=1S/C17H27BrN2O/c1-4-19-13(2)14-7-8-16(15(18)11-14)20(3)12-17(21)9-5-6-10-17/h7-8,11,13,19,21H,4-6,9-10,12H2,1-3H3. The lowest BCUT2D eigenvalue weighted by atomic mass is 10.0. The number of hydrogen-bond donors (Lipinski definition) is 2. The lowest BCUT2D eigenvalue weighted by Gasteiger charge is -2.31. The number of nitrogens with zero attached hydrogens (tertiary/aromatic N) is 1. The summed E-state index contributed by atoms with van der Waals surface area (Å²) >= 11 is 3.68. The Morgan fingerprint density at radius 3 is 2.62 bits per heavy atom. The molecule has 0 aliphatic heterocycles. The molecule has 118 valence electrons. The van der Waals surface area contributed by atoms with Gasteiger partial charge >= 0.3 is 0 Å². The van der Waals surface area contributed by atoms with E-state index in [1.165, 1.54) is 5.56 Å². The van der Waals surface area contributed by atoms with Crippen molar-refractivity contribution in [2.45, 2.75) is 51.2 Å². The van der Waals surface area contributed by atoms with Crippen molar-refractivity contribution >= 4 is 21.6 Å². The highest BCUT2D eigenvalue weighted by Gasteiger charge is 2.32. The van der Waals surface area contributed by atoms with E-state index in [0.29, 0.717) is 12.6 Å². The fourth-order valence-electron chi connectivity index (χ4n) is 3.24. The third kappa shape index (κ3) is 4.21. The molecule has 1 aliphatic rings. The summed E-state index contributed by atoms with van der Waals surface area (Å²) < 4.78 is 1.09. The molecule has 0 saturated heterocycles. The van der Waals surface area contributed by atoms with Crippen molar-refractivity contribution < 1.29 is 5.11 Å². The second kappa shape index (κ2) is 7.12. The van der Waals surface area contributed by atoms with Crippen molar-refractivity contribution in [1.82, 2.24) is 5.32 Å². The largest absolute Gasteiger partial charge is 0.388 e. The van der Waals surface area contributed by atoms with E-state index in [1.807, 2.05) is 0 Å². The molecule has 0 bridgehead atoms. The number of aliphatic hydroxyl groups is 1. The second-order valence-electron chi connectivity index (χ2n) is 6.28. The molecule has 1 unspecified atom stereocenters. The lowest BCUT2D eigenvalue weighted by Crippen LogP contribution is -2.39. The second-order valence-corrected chi connectivity index (χ2v) is 7.13. The maximum absolute atomic E-state index is 10.6. The molecule has 3 nitrogen and oxygen atoms in total. The SMILES string of the molecule is CCNC(C)c1ccc(N(C)CC2(O)CCCC2)c(Br)c1. The molecule has 21 heavy (non-hydrogen) atoms. The van der Waals surface area contributed by atoms with Crippen LogP contribution < -0.4 is 10.2 Å². The number of nitrogens with one attached hydrogen (secondary N) is 1. The van der Waals surface area contributed by atoms with Gasteiger partial charge < -0.3 is 15.3 Å². The zero-order chi connectivity index (χ0) is 15.5. The van der Waals surface area contributed by atoms with Crippen molar-refractivity contribution in [2.75, 3.05) is 25.0 Å². The van der Waals surface area contributed by atoms with E-state index in [1.54, 1.807) is 0 Å². The highest BCUT2D eigenvalue weighted by Crippen LogP contribution is 2.34. The molecule has 1 atom stereocenters. The molecule has 0 spiro atoms. The molecule has 1 aliphatic carbocycles. The Kier molecular flexibility index (Phi) is 5.69. The predicted molar refractivity (Wildman–Crippen MR) is 92.9 cm³/mol. The van der Waals surface area contributed by atoms with Gasteiger partial charge in [0.15, 0.2) is 0 Å². The smallest absolute Gasteiger partial charge is 0.0821 e. The van der Waals surface area contributed by atoms with Crippen LogP contribution in [0.5, 0.6) is 0 Å². The van der Waals surface area contributed by atoms with Crippen LogP contribution in [0.4, 0.5) is 5.69 Å². The van der Waals surface area contributed by atoms with Crippen LogP contribution in [-0.2, 0) is 0 Å². The topological polar surface area (TPSA) is 35.5 Å². The summed E-state index contributed by atoms with van der Waals surface area (Å²) in [7, 11) is 2.06. The average Bonchev–Trinajstić information content (AvgIpc) is 2.85. The minimum Gasteiger partial charge on any atom is -0.388 e. The third-order valence-corrected chi connectivity index (χ3v) is 5.09. The summed E-state index contributed by atoms with van der Waals surface area (Å²) in [5.74, 6) is 0. The zero-order valence-electron chi connectivity index (χ0n) is 13.3. The highest BCUT2D eigenvalue weighted by molar-refractivity contribution is 9.10. The monoisotopic (exact) mass is 354 g/mol. The van der Waals surface area contributed by atoms with Gasteiger partial charge in [-0.15, -0.1) is 0 Å². The average molecular weight is 355 g/mol. The quantitative estimate of drug-likeness (QED) is 0.813. The van der Waals surface area contributed by atoms with Gasteiger partial charge in [0.2, 0.25) is 0 Å². The van der Waals surface area contributed by atoms with E-state index >= 15 is 0 Å². The molecule has 0 radical (unpaired) electrons. The van der Waals surface area contributed by atoms with Gasteiger partial charge in [-0.3, -0.25) is 0 Å². The van der Waals surface area contributed by atoms with Gasteiger partial charge in [-0.2, -0.15) is 0 Å². The number of likely N-dealkylation sites (N-methyl/N-ethyl adjacent to an activating group) is 1. The van der Waals surface area contributed by atoms with Crippen LogP contribution in [0.15, 0.2) is 22.7 Å². The normalized spacial score (nSPS) is 18.7. The maximum atomic E-state index is 10.6. The fraction of sp³-hybridized carbons (Fsp3) is 0.647. The first-order valence-corrected chi connectivity index (χ1v) is 8.71. The molecule has 1 aromatic carbocycles. The molecule has 1 saturated carbocycles. The zero-order valence-corrected chi connectivity index (χ0v) is 14.9. The van der Waals surface area contributed by atoms with Gasteiger partial charge in [0, 0.05) is 24.1 Å². The molecule has 0 amide bonds. The van der Waals surface area contributed by atoms with Crippen LogP contribution in [0, 0.1) is 0 Å². The minimum absolute atomic E-state index is 0.352. The van der Waals surface area contributed by atoms with Gasteiger partial charge in [0.1, 0.15) is 0 Å². The van der Waals surface area contributed by atoms with Crippen LogP contribution in [-0.4, -0.2) is 30.8 Å². The molecule has 4 heteroatoms. The summed E-state index contributed by atoms with van der Waals surface area (Å²) in [5, 5.41) is 14.0. The Balaban J connectivity index is 2.09. The Morgan fingerprint density at radius 2 is 2.05 bits per heavy atom. The Hall–Kier alpha value is -0.580. The minimum atomic E-state index is -0.510. The molecule has 2 rings (SSSR count). The van der Waals surface area contributed by atoms with Gasteiger partial charge in [0.05, 0.1) is 11.3 Å². The first-order chi connectivity index (χ1) is 9.95. The number of halogens is 1. The molecule has 2 N–H and O–H groups in total. The van der Waals surface area contributed by atoms with Crippen molar-refractivity contribution in [1.29, 1.82) is 0 Å². The summed E-state index contributed by atoms with van der Waals surface area (Å²) in [6.45, 7) is 5.97. The fourth-order valence-corrected chi connectivity index (χ4v) is 3.94. The van der Waals surface area contributed by atoms with Gasteiger partial charge in [-0.1, -0.05) is 25.8 Å². The van der Waals surface area contributed by atoms with Gasteiger partial charge in [0.25, 0.3) is 0 Å². The Bertz CT molecular complexity index is 472. The van der Waals surface area contributed by atoms with E-state index in [0.717, 1.165) is 42.4 Å². The molecule has 0 aromatic heterocycles. The summed E-state index contributed by atoms with van der Waals surface area (Å²) in [4.78, 5) is 2.16. The highest BCUT2D eigenvalue weighted by atomic mass is 79.9. The first-order valence-electron chi connectivity index (χ1n) is 7.91. The van der Waals surface area contributed by atoms with Crippen molar-refractivity contribution in [3.8, 4) is 0 Å². The molecular weight excluding hydrogens is 328 g/mol. The molecule has 1 aromatic rings. The van der Waals surface area contributed by atoms with Crippen LogP contribution in [0.25, 0.3) is 0 Å². The van der Waals surface area contributed by atoms with Gasteiger partial charge in [-0.05, 0) is 59.9 Å². The number of anilines is 1. The van der Waals surface area contributed by atoms with Crippen LogP contribution in [0.2, 0.25) is 0 Å². The maximum Gasteiger partial charge on any atom is 0.0821 e. The number of hydrogen-bond acceptors (Lipinski definition) is 3. The van der Waals surface area contributed by atoms with E-state index in [9.17, 15) is 5.11 Å². The summed E-state index contributed by atoms with van der Waals surface area (Å²) in [6, 6.07) is 6.84. The summed E-state index contributed by atoms with van der Waals surface area (Å²) in [6.07, 6.45) is 4.13. The van der Waals surface area contributed by atoms with Gasteiger partial charge in [-0.25, -0.2) is 0 Å². The van der Waals surface area contributed by atoms with E-state index < -0.39 is 5.60 Å². The lowest BCUT2D eigenvalue weighted by molar-refractivity contribution is 0.0559. The Morgan fingerprint density at radius 1 is 1.38 bits per heavy atom. The molecular formula is C17H27BrN2O. The number of rotatable bonds is 6. The number of benzene rings is 1. The van der Waals surface area contributed by atoms with Crippen molar-refractivity contribution in [3.05, 3.63) is 28.2 Å². The molecule has 0 heterocycles. The third-order valence-electron chi connectivity index (χ3n) is 4.46. The van der Waals surface area contributed by atoms with Crippen molar-refractivity contribution in [3.63, 3.8) is 0 Å².